The molecule has 0 amide bonds. The number of aromatic amines is 1. The minimum Gasteiger partial charge on any atom is -0.399 e. The lowest BCUT2D eigenvalue weighted by Crippen LogP contribution is -2.25. The highest BCUT2D eigenvalue weighted by Gasteiger charge is 2.38. The molecule has 0 aliphatic heterocycles. The molecule has 0 spiro atoms. The Morgan fingerprint density at radius 1 is 0.920 bits per heavy atom. The van der Waals surface area contributed by atoms with Gasteiger partial charge in [0.05, 0.1) is 5.69 Å². The van der Waals surface area contributed by atoms with Gasteiger partial charge in [-0.3, -0.25) is 0 Å². The van der Waals surface area contributed by atoms with Gasteiger partial charge in [-0.05, 0) is 67.5 Å². The maximum atomic E-state index is 6.12. The molecule has 6 N–H and O–H groups in total. The molecule has 4 nitrogen and oxygen atoms in total. The van der Waals surface area contributed by atoms with Gasteiger partial charge in [0, 0.05) is 39.9 Å². The largest absolute Gasteiger partial charge is 0.399 e. The lowest BCUT2D eigenvalue weighted by molar-refractivity contribution is 0.482. The van der Waals surface area contributed by atoms with Gasteiger partial charge in [-0.2, -0.15) is 0 Å². The number of benzene rings is 2. The summed E-state index contributed by atoms with van der Waals surface area (Å²) in [6.45, 7) is 0. The van der Waals surface area contributed by atoms with Crippen LogP contribution in [-0.2, 0) is 0 Å². The molecule has 3 aromatic rings. The van der Waals surface area contributed by atoms with Crippen LogP contribution in [0.2, 0.25) is 0 Å². The number of hydrogen-bond acceptors (Lipinski definition) is 3. The molecular weight excluding hydrogens is 308 g/mol. The zero-order valence-electron chi connectivity index (χ0n) is 14.3. The highest BCUT2D eigenvalue weighted by atomic mass is 15.0. The van der Waals surface area contributed by atoms with Crippen molar-refractivity contribution < 1.29 is 0 Å². The molecule has 2 aliphatic carbocycles. The van der Waals surface area contributed by atoms with Crippen molar-refractivity contribution >= 4 is 22.3 Å². The van der Waals surface area contributed by atoms with E-state index in [1.165, 1.54) is 47.9 Å². The van der Waals surface area contributed by atoms with Crippen LogP contribution in [0.4, 0.5) is 11.4 Å². The predicted octanol–water partition coefficient (Wildman–Crippen LogP) is 4.20. The molecule has 1 heterocycles. The number of nitrogens with two attached hydrogens (primary N) is 2. The van der Waals surface area contributed by atoms with Gasteiger partial charge >= 0.3 is 0 Å². The summed E-state index contributed by atoms with van der Waals surface area (Å²) in [6.07, 6.45) is 5.21. The first-order valence-corrected chi connectivity index (χ1v) is 9.22. The van der Waals surface area contributed by atoms with E-state index in [9.17, 15) is 0 Å². The van der Waals surface area contributed by atoms with Crippen LogP contribution in [0, 0.1) is 5.92 Å². The molecular formula is C21H24N4. The lowest BCUT2D eigenvalue weighted by atomic mass is 9.95. The number of hydrogen-bond donors (Lipinski definition) is 4. The molecule has 0 radical (unpaired) electrons. The molecule has 5 rings (SSSR count). The standard InChI is InChI=1S/C21H24N4/c22-14-5-3-13(4-6-14)21-19(17-11-15(23)7-10-18(17)25-21)20(12-1-2-12)24-16-8-9-16/h3-7,10-12,16,20,24-25H,1-2,8-9,22-23H2. The van der Waals surface area contributed by atoms with E-state index < -0.39 is 0 Å². The summed E-state index contributed by atoms with van der Waals surface area (Å²) in [6, 6.07) is 15.4. The van der Waals surface area contributed by atoms with Gasteiger partial charge < -0.3 is 21.8 Å². The molecule has 1 aromatic heterocycles. The molecule has 1 atom stereocenters. The van der Waals surface area contributed by atoms with Crippen LogP contribution in [0.5, 0.6) is 0 Å². The second-order valence-electron chi connectivity index (χ2n) is 7.60. The van der Waals surface area contributed by atoms with Crippen molar-refractivity contribution in [1.29, 1.82) is 0 Å². The molecule has 1 unspecified atom stereocenters. The molecule has 0 bridgehead atoms. The van der Waals surface area contributed by atoms with Crippen LogP contribution in [0.15, 0.2) is 42.5 Å². The van der Waals surface area contributed by atoms with E-state index in [-0.39, 0.29) is 0 Å². The fourth-order valence-electron chi connectivity index (χ4n) is 3.82. The number of fused-ring (bicyclic) bond motifs is 1. The Morgan fingerprint density at radius 2 is 1.64 bits per heavy atom. The normalized spacial score (nSPS) is 18.6. The Bertz CT molecular complexity index is 917. The third-order valence-corrected chi connectivity index (χ3v) is 5.46. The third kappa shape index (κ3) is 2.76. The van der Waals surface area contributed by atoms with Crippen LogP contribution < -0.4 is 16.8 Å². The maximum absolute atomic E-state index is 6.12. The van der Waals surface area contributed by atoms with E-state index in [0.29, 0.717) is 12.1 Å². The Labute approximate surface area is 147 Å². The van der Waals surface area contributed by atoms with E-state index in [1.807, 2.05) is 18.2 Å². The number of H-pyrrole nitrogens is 1. The van der Waals surface area contributed by atoms with Crippen LogP contribution in [0.25, 0.3) is 22.2 Å². The Hall–Kier alpha value is -2.46. The number of anilines is 2. The van der Waals surface area contributed by atoms with Gasteiger partial charge in [-0.25, -0.2) is 0 Å². The molecule has 2 aromatic carbocycles. The fourth-order valence-corrected chi connectivity index (χ4v) is 3.82. The van der Waals surface area contributed by atoms with Crippen molar-refractivity contribution in [1.82, 2.24) is 10.3 Å². The summed E-state index contributed by atoms with van der Waals surface area (Å²) in [5.74, 6) is 0.730. The predicted molar refractivity (Wildman–Crippen MR) is 104 cm³/mol. The van der Waals surface area contributed by atoms with Gasteiger partial charge in [0.2, 0.25) is 0 Å². The minimum atomic E-state index is 0.399. The minimum absolute atomic E-state index is 0.399. The second kappa shape index (κ2) is 5.53. The first-order valence-electron chi connectivity index (χ1n) is 9.22. The van der Waals surface area contributed by atoms with E-state index in [1.54, 1.807) is 0 Å². The quantitative estimate of drug-likeness (QED) is 0.529. The van der Waals surface area contributed by atoms with Gasteiger partial charge in [-0.15, -0.1) is 0 Å². The average Bonchev–Trinajstić information content (AvgIpc) is 3.51. The van der Waals surface area contributed by atoms with E-state index >= 15 is 0 Å². The molecule has 0 saturated heterocycles. The van der Waals surface area contributed by atoms with Crippen LogP contribution in [0.3, 0.4) is 0 Å². The second-order valence-corrected chi connectivity index (χ2v) is 7.60. The van der Waals surface area contributed by atoms with E-state index in [2.05, 4.69) is 34.6 Å². The number of rotatable bonds is 5. The van der Waals surface area contributed by atoms with E-state index in [4.69, 9.17) is 11.5 Å². The Kier molecular flexibility index (Phi) is 3.28. The highest BCUT2D eigenvalue weighted by molar-refractivity contribution is 5.93. The number of nitrogen functional groups attached to an aromatic ring is 2. The van der Waals surface area contributed by atoms with Crippen LogP contribution >= 0.6 is 0 Å². The van der Waals surface area contributed by atoms with Gasteiger partial charge in [-0.1, -0.05) is 12.1 Å². The molecule has 128 valence electrons. The monoisotopic (exact) mass is 332 g/mol. The summed E-state index contributed by atoms with van der Waals surface area (Å²) in [5, 5.41) is 5.15. The lowest BCUT2D eigenvalue weighted by Gasteiger charge is -2.20. The van der Waals surface area contributed by atoms with Crippen LogP contribution in [-0.4, -0.2) is 11.0 Å². The van der Waals surface area contributed by atoms with Crippen molar-refractivity contribution in [2.24, 2.45) is 5.92 Å². The van der Waals surface area contributed by atoms with Crippen molar-refractivity contribution in [2.75, 3.05) is 11.5 Å². The Balaban J connectivity index is 1.71. The number of aromatic nitrogens is 1. The van der Waals surface area contributed by atoms with Gasteiger partial charge in [0.15, 0.2) is 0 Å². The third-order valence-electron chi connectivity index (χ3n) is 5.46. The van der Waals surface area contributed by atoms with Crippen molar-refractivity contribution in [3.8, 4) is 11.3 Å². The zero-order valence-corrected chi connectivity index (χ0v) is 14.3. The summed E-state index contributed by atoms with van der Waals surface area (Å²) >= 11 is 0. The first-order chi connectivity index (χ1) is 12.2. The topological polar surface area (TPSA) is 79.9 Å². The van der Waals surface area contributed by atoms with Crippen LogP contribution in [0.1, 0.15) is 37.3 Å². The molecule has 2 fully saturated rings. The summed E-state index contributed by atoms with van der Waals surface area (Å²) < 4.78 is 0. The summed E-state index contributed by atoms with van der Waals surface area (Å²) in [7, 11) is 0. The summed E-state index contributed by atoms with van der Waals surface area (Å²) in [4.78, 5) is 3.65. The fraction of sp³-hybridized carbons (Fsp3) is 0.333. The average molecular weight is 332 g/mol. The molecule has 25 heavy (non-hydrogen) atoms. The Morgan fingerprint density at radius 3 is 2.32 bits per heavy atom. The molecule has 2 saturated carbocycles. The van der Waals surface area contributed by atoms with E-state index in [0.717, 1.165) is 22.8 Å². The maximum Gasteiger partial charge on any atom is 0.0513 e. The first kappa shape index (κ1) is 14.8. The number of nitrogens with one attached hydrogen (secondary N) is 2. The van der Waals surface area contributed by atoms with Crippen molar-refractivity contribution in [3.05, 3.63) is 48.0 Å². The van der Waals surface area contributed by atoms with Gasteiger partial charge in [0.1, 0.15) is 0 Å². The van der Waals surface area contributed by atoms with Crippen molar-refractivity contribution in [3.63, 3.8) is 0 Å². The molecule has 2 aliphatic rings. The SMILES string of the molecule is Nc1ccc(-c2[nH]c3ccc(N)cc3c2C(NC2CC2)C2CC2)cc1. The summed E-state index contributed by atoms with van der Waals surface area (Å²) in [5.41, 5.74) is 18.5. The molecule has 4 heteroatoms. The zero-order chi connectivity index (χ0) is 17.0. The van der Waals surface area contributed by atoms with Gasteiger partial charge in [0.25, 0.3) is 0 Å². The smallest absolute Gasteiger partial charge is 0.0513 e. The highest BCUT2D eigenvalue weighted by Crippen LogP contribution is 2.47. The van der Waals surface area contributed by atoms with Crippen molar-refractivity contribution in [2.45, 2.75) is 37.8 Å².